The molecule has 0 unspecified atom stereocenters. The van der Waals surface area contributed by atoms with Gasteiger partial charge in [0.2, 0.25) is 0 Å². The average Bonchev–Trinajstić information content (AvgIpc) is 3.39. The molecule has 1 atom stereocenters. The molecule has 0 bridgehead atoms. The summed E-state index contributed by atoms with van der Waals surface area (Å²) in [5, 5.41) is 11.1. The second-order valence-corrected chi connectivity index (χ2v) is 8.23. The minimum absolute atomic E-state index is 0.144. The average molecular weight is 408 g/mol. The topological polar surface area (TPSA) is 76.2 Å². The molecule has 4 rings (SSSR count). The molecule has 0 radical (unpaired) electrons. The van der Waals surface area contributed by atoms with Crippen LogP contribution in [0.2, 0.25) is 0 Å². The van der Waals surface area contributed by atoms with Gasteiger partial charge in [-0.3, -0.25) is 14.4 Å². The number of likely N-dealkylation sites (tertiary alicyclic amines) is 1. The van der Waals surface area contributed by atoms with E-state index in [9.17, 15) is 4.79 Å². The molecule has 30 heavy (non-hydrogen) atoms. The molecule has 3 aromatic rings. The predicted molar refractivity (Wildman–Crippen MR) is 114 cm³/mol. The van der Waals surface area contributed by atoms with Crippen LogP contribution in [0, 0.1) is 5.92 Å². The van der Waals surface area contributed by atoms with Gasteiger partial charge in [-0.05, 0) is 50.8 Å². The van der Waals surface area contributed by atoms with E-state index in [1.165, 1.54) is 18.4 Å². The van der Waals surface area contributed by atoms with E-state index in [4.69, 9.17) is 4.52 Å². The lowest BCUT2D eigenvalue weighted by atomic mass is 9.90. The van der Waals surface area contributed by atoms with Gasteiger partial charge in [0.05, 0.1) is 18.8 Å². The highest BCUT2D eigenvalue weighted by Gasteiger charge is 2.22. The summed E-state index contributed by atoms with van der Waals surface area (Å²) in [7, 11) is 1.85. The zero-order valence-corrected chi connectivity index (χ0v) is 17.6. The third kappa shape index (κ3) is 5.16. The Kier molecular flexibility index (Phi) is 6.28. The fourth-order valence-electron chi connectivity index (χ4n) is 4.03. The highest BCUT2D eigenvalue weighted by atomic mass is 16.5. The number of rotatable bonds is 7. The largest absolute Gasteiger partial charge is 0.359 e. The summed E-state index contributed by atoms with van der Waals surface area (Å²) in [6.45, 7) is 4.70. The summed E-state index contributed by atoms with van der Waals surface area (Å²) in [5.74, 6) is 1.23. The van der Waals surface area contributed by atoms with E-state index >= 15 is 0 Å². The summed E-state index contributed by atoms with van der Waals surface area (Å²) in [4.78, 5) is 14.9. The van der Waals surface area contributed by atoms with E-state index in [1.807, 2.05) is 20.2 Å². The van der Waals surface area contributed by atoms with Crippen LogP contribution in [-0.4, -0.2) is 38.8 Å². The summed E-state index contributed by atoms with van der Waals surface area (Å²) >= 11 is 0. The molecule has 1 saturated heterocycles. The molecule has 1 aliphatic rings. The van der Waals surface area contributed by atoms with E-state index in [1.54, 1.807) is 16.9 Å². The molecule has 1 N–H and O–H groups in total. The number of carbonyl (C=O) groups is 1. The van der Waals surface area contributed by atoms with Crippen LogP contribution < -0.4 is 5.32 Å². The van der Waals surface area contributed by atoms with Gasteiger partial charge in [0, 0.05) is 24.9 Å². The molecule has 7 heteroatoms. The normalized spacial score (nSPS) is 16.5. The first-order chi connectivity index (χ1) is 14.6. The van der Waals surface area contributed by atoms with Crippen molar-refractivity contribution in [1.29, 1.82) is 0 Å². The van der Waals surface area contributed by atoms with Crippen molar-refractivity contribution in [3.05, 3.63) is 71.4 Å². The number of nitrogens with one attached hydrogen (secondary N) is 1. The zero-order chi connectivity index (χ0) is 20.9. The van der Waals surface area contributed by atoms with Gasteiger partial charge in [-0.25, -0.2) is 0 Å². The van der Waals surface area contributed by atoms with E-state index in [0.29, 0.717) is 12.2 Å². The maximum Gasteiger partial charge on any atom is 0.273 e. The van der Waals surface area contributed by atoms with Gasteiger partial charge in [-0.15, -0.1) is 0 Å². The van der Waals surface area contributed by atoms with Crippen molar-refractivity contribution in [2.24, 2.45) is 13.0 Å². The van der Waals surface area contributed by atoms with E-state index in [-0.39, 0.29) is 11.9 Å². The highest BCUT2D eigenvalue weighted by molar-refractivity contribution is 5.92. The Hall–Kier alpha value is -2.93. The first kappa shape index (κ1) is 20.3. The zero-order valence-electron chi connectivity index (χ0n) is 17.6. The standard InChI is InChI=1S/C23H29N5O2/c1-17(20-14-24-27(2)15-20)25-23(29)22-13-21(30-26-22)16-28-10-8-19(9-11-28)12-18-6-4-3-5-7-18/h3-7,13-15,17,19H,8-12,16H2,1-2H3,(H,25,29)/t17-/m0/s1. The molecule has 0 spiro atoms. The van der Waals surface area contributed by atoms with Crippen LogP contribution in [0.1, 0.15) is 53.2 Å². The number of carbonyl (C=O) groups excluding carboxylic acids is 1. The maximum atomic E-state index is 12.5. The number of piperidine rings is 1. The van der Waals surface area contributed by atoms with Crippen molar-refractivity contribution in [2.45, 2.75) is 38.8 Å². The van der Waals surface area contributed by atoms with Gasteiger partial charge in [-0.2, -0.15) is 5.10 Å². The van der Waals surface area contributed by atoms with Crippen molar-refractivity contribution >= 4 is 5.91 Å². The molecular weight excluding hydrogens is 378 g/mol. The molecule has 2 aromatic heterocycles. The van der Waals surface area contributed by atoms with Crippen LogP contribution in [0.4, 0.5) is 0 Å². The Balaban J connectivity index is 1.25. The lowest BCUT2D eigenvalue weighted by molar-refractivity contribution is 0.0930. The second-order valence-electron chi connectivity index (χ2n) is 8.23. The molecule has 1 amide bonds. The van der Waals surface area contributed by atoms with Crippen molar-refractivity contribution in [3.8, 4) is 0 Å². The first-order valence-electron chi connectivity index (χ1n) is 10.6. The summed E-state index contributed by atoms with van der Waals surface area (Å²) in [5.41, 5.74) is 2.69. The van der Waals surface area contributed by atoms with E-state index < -0.39 is 0 Å². The molecular formula is C23H29N5O2. The van der Waals surface area contributed by atoms with Crippen molar-refractivity contribution in [1.82, 2.24) is 25.2 Å². The van der Waals surface area contributed by atoms with Gasteiger partial charge >= 0.3 is 0 Å². The van der Waals surface area contributed by atoms with Crippen molar-refractivity contribution in [2.75, 3.05) is 13.1 Å². The molecule has 0 aliphatic carbocycles. The maximum absolute atomic E-state index is 12.5. The fourth-order valence-corrected chi connectivity index (χ4v) is 4.03. The van der Waals surface area contributed by atoms with Crippen LogP contribution in [-0.2, 0) is 20.0 Å². The van der Waals surface area contributed by atoms with Gasteiger partial charge < -0.3 is 9.84 Å². The second kappa shape index (κ2) is 9.26. The van der Waals surface area contributed by atoms with Gasteiger partial charge in [0.15, 0.2) is 11.5 Å². The van der Waals surface area contributed by atoms with E-state index in [2.05, 4.69) is 50.8 Å². The summed E-state index contributed by atoms with van der Waals surface area (Å²) in [6, 6.07) is 12.3. The third-order valence-corrected chi connectivity index (χ3v) is 5.82. The van der Waals surface area contributed by atoms with Crippen LogP contribution in [0.15, 0.2) is 53.3 Å². The van der Waals surface area contributed by atoms with Crippen LogP contribution in [0.25, 0.3) is 0 Å². The molecule has 1 fully saturated rings. The van der Waals surface area contributed by atoms with Gasteiger partial charge in [-0.1, -0.05) is 35.5 Å². The molecule has 158 valence electrons. The van der Waals surface area contributed by atoms with Gasteiger partial charge in [0.1, 0.15) is 0 Å². The molecule has 1 aromatic carbocycles. The quantitative estimate of drug-likeness (QED) is 0.650. The SMILES string of the molecule is C[C@H](NC(=O)c1cc(CN2CCC(Cc3ccccc3)CC2)on1)c1cnn(C)c1. The minimum atomic E-state index is -0.233. The lowest BCUT2D eigenvalue weighted by Crippen LogP contribution is -2.33. The number of nitrogens with zero attached hydrogens (tertiary/aromatic N) is 4. The Morgan fingerprint density at radius 2 is 2.03 bits per heavy atom. The highest BCUT2D eigenvalue weighted by Crippen LogP contribution is 2.23. The number of amides is 1. The van der Waals surface area contributed by atoms with Crippen molar-refractivity contribution < 1.29 is 9.32 Å². The Bertz CT molecular complexity index is 957. The Morgan fingerprint density at radius 1 is 1.27 bits per heavy atom. The number of aryl methyl sites for hydroxylation is 1. The number of hydrogen-bond acceptors (Lipinski definition) is 5. The van der Waals surface area contributed by atoms with Gasteiger partial charge in [0.25, 0.3) is 5.91 Å². The third-order valence-electron chi connectivity index (χ3n) is 5.82. The van der Waals surface area contributed by atoms with E-state index in [0.717, 1.165) is 36.8 Å². The lowest BCUT2D eigenvalue weighted by Gasteiger charge is -2.31. The van der Waals surface area contributed by atoms with Crippen LogP contribution >= 0.6 is 0 Å². The predicted octanol–water partition coefficient (Wildman–Crippen LogP) is 3.35. The molecule has 7 nitrogen and oxygen atoms in total. The number of hydrogen-bond donors (Lipinski definition) is 1. The number of benzene rings is 1. The summed E-state index contributed by atoms with van der Waals surface area (Å²) < 4.78 is 7.15. The molecule has 3 heterocycles. The summed E-state index contributed by atoms with van der Waals surface area (Å²) in [6.07, 6.45) is 7.15. The van der Waals surface area contributed by atoms with Crippen LogP contribution in [0.3, 0.4) is 0 Å². The first-order valence-corrected chi connectivity index (χ1v) is 10.6. The minimum Gasteiger partial charge on any atom is -0.359 e. The molecule has 0 saturated carbocycles. The molecule has 1 aliphatic heterocycles. The monoisotopic (exact) mass is 407 g/mol. The smallest absolute Gasteiger partial charge is 0.273 e. The Morgan fingerprint density at radius 3 is 2.73 bits per heavy atom. The number of aromatic nitrogens is 3. The Labute approximate surface area is 177 Å². The van der Waals surface area contributed by atoms with Crippen molar-refractivity contribution in [3.63, 3.8) is 0 Å². The fraction of sp³-hybridized carbons (Fsp3) is 0.435. The van der Waals surface area contributed by atoms with Crippen LogP contribution in [0.5, 0.6) is 0 Å².